The molecule has 160 valence electrons. The zero-order valence-electron chi connectivity index (χ0n) is 16.4. The van der Waals surface area contributed by atoms with Crippen molar-refractivity contribution < 1.29 is 23.1 Å². The molecule has 0 aromatic heterocycles. The Bertz CT molecular complexity index is 917. The van der Waals surface area contributed by atoms with Crippen molar-refractivity contribution in [1.29, 1.82) is 0 Å². The van der Waals surface area contributed by atoms with Gasteiger partial charge in [0.1, 0.15) is 5.82 Å². The van der Waals surface area contributed by atoms with Gasteiger partial charge in [0.15, 0.2) is 11.6 Å². The molecule has 2 amide bonds. The molecule has 1 aliphatic heterocycles. The summed E-state index contributed by atoms with van der Waals surface area (Å²) in [6.07, 6.45) is 3.62. The monoisotopic (exact) mass is 436 g/mol. The molecule has 0 unspecified atom stereocenters. The molecule has 2 aromatic carbocycles. The van der Waals surface area contributed by atoms with Crippen molar-refractivity contribution in [3.05, 3.63) is 58.6 Å². The van der Waals surface area contributed by atoms with E-state index in [4.69, 9.17) is 16.3 Å². The van der Waals surface area contributed by atoms with E-state index in [9.17, 15) is 18.4 Å². The first-order valence-corrected chi connectivity index (χ1v) is 10.3. The minimum atomic E-state index is -0.784. The fourth-order valence-corrected chi connectivity index (χ4v) is 3.53. The smallest absolute Gasteiger partial charge is 0.255 e. The average Bonchev–Trinajstić information content (AvgIpc) is 2.73. The number of carbonyl (C=O) groups is 2. The molecule has 5 nitrogen and oxygen atoms in total. The van der Waals surface area contributed by atoms with Crippen LogP contribution in [0.15, 0.2) is 36.4 Å². The van der Waals surface area contributed by atoms with Crippen molar-refractivity contribution in [3.63, 3.8) is 0 Å². The predicted molar refractivity (Wildman–Crippen MR) is 111 cm³/mol. The maximum absolute atomic E-state index is 13.5. The van der Waals surface area contributed by atoms with Gasteiger partial charge in [-0.2, -0.15) is 0 Å². The van der Waals surface area contributed by atoms with Gasteiger partial charge in [0.25, 0.3) is 5.91 Å². The summed E-state index contributed by atoms with van der Waals surface area (Å²) in [5.41, 5.74) is 0.914. The summed E-state index contributed by atoms with van der Waals surface area (Å²) in [6, 6.07) is 7.88. The van der Waals surface area contributed by atoms with E-state index in [0.29, 0.717) is 22.7 Å². The fraction of sp³-hybridized carbons (Fsp3) is 0.364. The van der Waals surface area contributed by atoms with Crippen LogP contribution >= 0.6 is 11.6 Å². The summed E-state index contributed by atoms with van der Waals surface area (Å²) in [5, 5.41) is 3.01. The molecule has 0 atom stereocenters. The molecule has 3 rings (SSSR count). The van der Waals surface area contributed by atoms with E-state index in [2.05, 4.69) is 5.32 Å². The van der Waals surface area contributed by atoms with Gasteiger partial charge in [-0.1, -0.05) is 11.6 Å². The van der Waals surface area contributed by atoms with Gasteiger partial charge < -0.3 is 15.0 Å². The molecule has 0 bridgehead atoms. The van der Waals surface area contributed by atoms with E-state index in [1.165, 1.54) is 6.07 Å². The SMILES string of the molecule is O=C(CCCOc1ccc(F)cc1F)Nc1ccc(C(=O)N2CCCCC2)c(Cl)c1. The van der Waals surface area contributed by atoms with Gasteiger partial charge in [-0.15, -0.1) is 0 Å². The van der Waals surface area contributed by atoms with Crippen LogP contribution in [0.5, 0.6) is 5.75 Å². The van der Waals surface area contributed by atoms with Crippen LogP contribution in [-0.2, 0) is 4.79 Å². The molecule has 1 saturated heterocycles. The number of rotatable bonds is 7. The van der Waals surface area contributed by atoms with Gasteiger partial charge in [-0.25, -0.2) is 8.78 Å². The largest absolute Gasteiger partial charge is 0.491 e. The standard InChI is InChI=1S/C22H23ClF2N2O3/c23-18-14-16(7-8-17(18)22(29)27-10-2-1-3-11-27)26-21(28)5-4-12-30-20-9-6-15(24)13-19(20)25/h6-9,13-14H,1-5,10-12H2,(H,26,28). The van der Waals surface area contributed by atoms with Gasteiger partial charge in [0.05, 0.1) is 17.2 Å². The number of benzene rings is 2. The summed E-state index contributed by atoms with van der Waals surface area (Å²) in [6.45, 7) is 1.58. The Hall–Kier alpha value is -2.67. The molecule has 0 saturated carbocycles. The number of amides is 2. The molecule has 0 aliphatic carbocycles. The molecule has 1 N–H and O–H groups in total. The minimum Gasteiger partial charge on any atom is -0.491 e. The maximum atomic E-state index is 13.5. The van der Waals surface area contributed by atoms with Crippen LogP contribution in [0.25, 0.3) is 0 Å². The molecule has 0 spiro atoms. The number of anilines is 1. The lowest BCUT2D eigenvalue weighted by molar-refractivity contribution is -0.116. The Morgan fingerprint density at radius 2 is 1.83 bits per heavy atom. The Morgan fingerprint density at radius 3 is 2.53 bits per heavy atom. The number of hydrogen-bond acceptors (Lipinski definition) is 3. The highest BCUT2D eigenvalue weighted by Gasteiger charge is 2.20. The maximum Gasteiger partial charge on any atom is 0.255 e. The van der Waals surface area contributed by atoms with Crippen molar-refractivity contribution in [3.8, 4) is 5.75 Å². The topological polar surface area (TPSA) is 58.6 Å². The molecular weight excluding hydrogens is 414 g/mol. The predicted octanol–water partition coefficient (Wildman–Crippen LogP) is 5.04. The summed E-state index contributed by atoms with van der Waals surface area (Å²) in [5.74, 6) is -1.88. The van der Waals surface area contributed by atoms with E-state index in [1.54, 1.807) is 23.1 Å². The van der Waals surface area contributed by atoms with Crippen LogP contribution < -0.4 is 10.1 Å². The number of carbonyl (C=O) groups excluding carboxylic acids is 2. The minimum absolute atomic E-state index is 0.0578. The first-order valence-electron chi connectivity index (χ1n) is 9.90. The molecular formula is C22H23ClF2N2O3. The Kier molecular flexibility index (Phi) is 7.63. The van der Waals surface area contributed by atoms with Crippen LogP contribution in [-0.4, -0.2) is 36.4 Å². The van der Waals surface area contributed by atoms with Gasteiger partial charge >= 0.3 is 0 Å². The Labute approximate surface area is 179 Å². The van der Waals surface area contributed by atoms with Gasteiger partial charge in [0.2, 0.25) is 5.91 Å². The van der Waals surface area contributed by atoms with E-state index >= 15 is 0 Å². The van der Waals surface area contributed by atoms with Crippen LogP contribution in [0.2, 0.25) is 5.02 Å². The zero-order chi connectivity index (χ0) is 21.5. The highest BCUT2D eigenvalue weighted by Crippen LogP contribution is 2.24. The fourth-order valence-electron chi connectivity index (χ4n) is 3.26. The second-order valence-corrected chi connectivity index (χ2v) is 7.53. The summed E-state index contributed by atoms with van der Waals surface area (Å²) in [4.78, 5) is 26.5. The second-order valence-electron chi connectivity index (χ2n) is 7.12. The Balaban J connectivity index is 1.46. The first-order chi connectivity index (χ1) is 14.4. The van der Waals surface area contributed by atoms with Crippen LogP contribution in [0.4, 0.5) is 14.5 Å². The quantitative estimate of drug-likeness (QED) is 0.618. The van der Waals surface area contributed by atoms with Crippen LogP contribution in [0.3, 0.4) is 0 Å². The summed E-state index contributed by atoms with van der Waals surface area (Å²) >= 11 is 6.27. The third kappa shape index (κ3) is 5.92. The number of piperidine rings is 1. The molecule has 1 heterocycles. The molecule has 2 aromatic rings. The third-order valence-corrected chi connectivity index (χ3v) is 5.14. The van der Waals surface area contributed by atoms with Crippen LogP contribution in [0.1, 0.15) is 42.5 Å². The van der Waals surface area contributed by atoms with E-state index < -0.39 is 11.6 Å². The second kappa shape index (κ2) is 10.4. The Morgan fingerprint density at radius 1 is 1.07 bits per heavy atom. The number of ether oxygens (including phenoxy) is 1. The van der Waals surface area contributed by atoms with Gasteiger partial charge in [0, 0.05) is 31.3 Å². The number of halogens is 3. The van der Waals surface area contributed by atoms with Crippen molar-refractivity contribution in [2.24, 2.45) is 0 Å². The van der Waals surface area contributed by atoms with Crippen molar-refractivity contribution in [2.75, 3.05) is 25.0 Å². The average molecular weight is 437 g/mol. The molecule has 8 heteroatoms. The molecule has 1 fully saturated rings. The molecule has 1 aliphatic rings. The highest BCUT2D eigenvalue weighted by atomic mass is 35.5. The normalized spacial score (nSPS) is 13.8. The van der Waals surface area contributed by atoms with Gasteiger partial charge in [-0.3, -0.25) is 9.59 Å². The third-order valence-electron chi connectivity index (χ3n) is 4.83. The highest BCUT2D eigenvalue weighted by molar-refractivity contribution is 6.34. The van der Waals surface area contributed by atoms with Crippen molar-refractivity contribution in [1.82, 2.24) is 4.90 Å². The molecule has 30 heavy (non-hydrogen) atoms. The van der Waals surface area contributed by atoms with Crippen LogP contribution in [0, 0.1) is 11.6 Å². The van der Waals surface area contributed by atoms with E-state index in [-0.39, 0.29) is 30.6 Å². The zero-order valence-corrected chi connectivity index (χ0v) is 17.2. The lowest BCUT2D eigenvalue weighted by atomic mass is 10.1. The lowest BCUT2D eigenvalue weighted by Crippen LogP contribution is -2.35. The first kappa shape index (κ1) is 22.0. The van der Waals surface area contributed by atoms with E-state index in [0.717, 1.165) is 44.5 Å². The number of nitrogens with one attached hydrogen (secondary N) is 1. The summed E-state index contributed by atoms with van der Waals surface area (Å²) < 4.78 is 31.6. The van der Waals surface area contributed by atoms with Gasteiger partial charge in [-0.05, 0) is 56.0 Å². The number of likely N-dealkylation sites (tertiary alicyclic amines) is 1. The van der Waals surface area contributed by atoms with Crippen molar-refractivity contribution >= 4 is 29.1 Å². The molecule has 0 radical (unpaired) electrons. The van der Waals surface area contributed by atoms with E-state index in [1.807, 2.05) is 0 Å². The number of nitrogens with zero attached hydrogens (tertiary/aromatic N) is 1. The summed E-state index contributed by atoms with van der Waals surface area (Å²) in [7, 11) is 0. The lowest BCUT2D eigenvalue weighted by Gasteiger charge is -2.27. The van der Waals surface area contributed by atoms with Crippen molar-refractivity contribution in [2.45, 2.75) is 32.1 Å². The number of hydrogen-bond donors (Lipinski definition) is 1.